The molecule has 3 heteroatoms. The van der Waals surface area contributed by atoms with Crippen LogP contribution in [0.3, 0.4) is 0 Å². The maximum atomic E-state index is 10.2. The molecule has 4 aliphatic rings. The van der Waals surface area contributed by atoms with Gasteiger partial charge in [-0.25, -0.2) is 0 Å². The zero-order valence-electron chi connectivity index (χ0n) is 15.4. The van der Waals surface area contributed by atoms with Crippen LogP contribution in [0.1, 0.15) is 75.7 Å². The molecule has 132 valence electrons. The highest BCUT2D eigenvalue weighted by molar-refractivity contribution is 5.40. The highest BCUT2D eigenvalue weighted by Crippen LogP contribution is 2.65. The van der Waals surface area contributed by atoms with E-state index in [-0.39, 0.29) is 6.10 Å². The summed E-state index contributed by atoms with van der Waals surface area (Å²) in [6.07, 6.45) is 9.92. The van der Waals surface area contributed by atoms with Crippen molar-refractivity contribution in [3.8, 4) is 0 Å². The number of nitrogens with zero attached hydrogens (tertiary/aromatic N) is 1. The third-order valence-electron chi connectivity index (χ3n) is 9.03. The molecule has 3 saturated carbocycles. The van der Waals surface area contributed by atoms with Gasteiger partial charge in [0, 0.05) is 11.3 Å². The Labute approximate surface area is 145 Å². The molecule has 3 nitrogen and oxygen atoms in total. The van der Waals surface area contributed by atoms with Crippen molar-refractivity contribution < 1.29 is 5.11 Å². The third-order valence-corrected chi connectivity index (χ3v) is 9.03. The molecule has 0 bridgehead atoms. The molecule has 7 atom stereocenters. The number of rotatable bonds is 0. The second-order valence-corrected chi connectivity index (χ2v) is 9.92. The second-order valence-electron chi connectivity index (χ2n) is 9.92. The molecule has 0 aliphatic heterocycles. The van der Waals surface area contributed by atoms with Crippen molar-refractivity contribution in [3.05, 3.63) is 17.0 Å². The summed E-state index contributed by atoms with van der Waals surface area (Å²) < 4.78 is 0. The van der Waals surface area contributed by atoms with Crippen molar-refractivity contribution >= 4 is 0 Å². The summed E-state index contributed by atoms with van der Waals surface area (Å²) in [4.78, 5) is 0. The van der Waals surface area contributed by atoms with E-state index in [2.05, 4.69) is 31.0 Å². The maximum Gasteiger partial charge on any atom is 0.0665 e. The van der Waals surface area contributed by atoms with Gasteiger partial charge in [-0.2, -0.15) is 5.10 Å². The van der Waals surface area contributed by atoms with Crippen molar-refractivity contribution in [2.45, 2.75) is 83.7 Å². The second kappa shape index (κ2) is 4.87. The summed E-state index contributed by atoms with van der Waals surface area (Å²) >= 11 is 0. The van der Waals surface area contributed by atoms with Gasteiger partial charge in [0.15, 0.2) is 0 Å². The highest BCUT2D eigenvalue weighted by Gasteiger charge is 2.59. The first-order valence-electron chi connectivity index (χ1n) is 10.2. The van der Waals surface area contributed by atoms with E-state index in [1.165, 1.54) is 49.9 Å². The number of nitrogens with one attached hydrogen (secondary N) is 1. The van der Waals surface area contributed by atoms with E-state index in [9.17, 15) is 5.11 Å². The summed E-state index contributed by atoms with van der Waals surface area (Å²) in [5.41, 5.74) is 5.08. The molecule has 2 N–H and O–H groups in total. The number of aromatic amines is 1. The monoisotopic (exact) mass is 328 g/mol. The molecular formula is C21H32N2O. The van der Waals surface area contributed by atoms with Crippen LogP contribution in [0.4, 0.5) is 0 Å². The van der Waals surface area contributed by atoms with Gasteiger partial charge < -0.3 is 5.11 Å². The summed E-state index contributed by atoms with van der Waals surface area (Å²) in [5, 5.41) is 18.1. The molecule has 5 rings (SSSR count). The Balaban J connectivity index is 1.50. The van der Waals surface area contributed by atoms with Crippen LogP contribution < -0.4 is 0 Å². The number of aryl methyl sites for hydroxylation is 1. The largest absolute Gasteiger partial charge is 0.393 e. The van der Waals surface area contributed by atoms with Gasteiger partial charge in [0.25, 0.3) is 0 Å². The minimum atomic E-state index is -0.0347. The lowest BCUT2D eigenvalue weighted by Crippen LogP contribution is -2.54. The smallest absolute Gasteiger partial charge is 0.0665 e. The quantitative estimate of drug-likeness (QED) is 0.752. The average Bonchev–Trinajstić information content (AvgIpc) is 3.06. The van der Waals surface area contributed by atoms with E-state index in [4.69, 9.17) is 0 Å². The van der Waals surface area contributed by atoms with Crippen LogP contribution in [0.25, 0.3) is 0 Å². The zero-order valence-corrected chi connectivity index (χ0v) is 15.4. The van der Waals surface area contributed by atoms with E-state index in [0.717, 1.165) is 36.5 Å². The Morgan fingerprint density at radius 1 is 1.08 bits per heavy atom. The van der Waals surface area contributed by atoms with E-state index < -0.39 is 0 Å². The summed E-state index contributed by atoms with van der Waals surface area (Å²) in [7, 11) is 0. The van der Waals surface area contributed by atoms with Gasteiger partial charge >= 0.3 is 0 Å². The van der Waals surface area contributed by atoms with E-state index in [0.29, 0.717) is 10.8 Å². The fourth-order valence-corrected chi connectivity index (χ4v) is 7.84. The van der Waals surface area contributed by atoms with Gasteiger partial charge in [-0.3, -0.25) is 5.10 Å². The Morgan fingerprint density at radius 2 is 1.92 bits per heavy atom. The lowest BCUT2D eigenvalue weighted by atomic mass is 9.45. The minimum Gasteiger partial charge on any atom is -0.393 e. The molecule has 1 heterocycles. The van der Waals surface area contributed by atoms with Crippen LogP contribution in [0.15, 0.2) is 0 Å². The van der Waals surface area contributed by atoms with Crippen LogP contribution in [0, 0.1) is 36.0 Å². The molecule has 0 saturated heterocycles. The van der Waals surface area contributed by atoms with Crippen LogP contribution in [0.5, 0.6) is 0 Å². The summed E-state index contributed by atoms with van der Waals surface area (Å²) in [6.45, 7) is 7.32. The number of hydrogen-bond acceptors (Lipinski definition) is 2. The van der Waals surface area contributed by atoms with Gasteiger partial charge in [-0.05, 0) is 92.8 Å². The first-order valence-corrected chi connectivity index (χ1v) is 10.2. The van der Waals surface area contributed by atoms with Crippen molar-refractivity contribution in [1.29, 1.82) is 0 Å². The number of fused-ring (bicyclic) bond motifs is 7. The normalized spacial score (nSPS) is 49.9. The fraction of sp³-hybridized carbons (Fsp3) is 0.857. The average molecular weight is 329 g/mol. The number of aromatic nitrogens is 2. The molecule has 0 aromatic carbocycles. The first kappa shape index (κ1) is 15.4. The molecule has 0 unspecified atom stereocenters. The number of hydrogen-bond donors (Lipinski definition) is 2. The van der Waals surface area contributed by atoms with Crippen molar-refractivity contribution in [2.75, 3.05) is 0 Å². The van der Waals surface area contributed by atoms with Gasteiger partial charge in [0.2, 0.25) is 0 Å². The number of aliphatic hydroxyl groups is 1. The van der Waals surface area contributed by atoms with E-state index in [1.54, 1.807) is 5.56 Å². The van der Waals surface area contributed by atoms with Gasteiger partial charge in [0.05, 0.1) is 11.8 Å². The molecule has 0 amide bonds. The predicted molar refractivity (Wildman–Crippen MR) is 94.8 cm³/mol. The molecule has 4 aliphatic carbocycles. The Kier molecular flexibility index (Phi) is 3.13. The van der Waals surface area contributed by atoms with Crippen molar-refractivity contribution in [1.82, 2.24) is 10.2 Å². The molecular weight excluding hydrogens is 296 g/mol. The third kappa shape index (κ3) is 1.80. The minimum absolute atomic E-state index is 0.0347. The standard InChI is InChI=1S/C21H32N2O/c1-12-19-18(23-22-12)11-17-15-5-4-13-10-14(24)6-8-20(13,2)16(15)7-9-21(17,19)3/h13-17,24H,4-11H2,1-3H3,(H,22,23)/t13-,14-,15-,16+,17-,20-,21-/m0/s1. The van der Waals surface area contributed by atoms with Gasteiger partial charge in [0.1, 0.15) is 0 Å². The number of aliphatic hydroxyl groups excluding tert-OH is 1. The molecule has 1 aromatic rings. The van der Waals surface area contributed by atoms with Crippen LogP contribution in [-0.4, -0.2) is 21.4 Å². The SMILES string of the molecule is Cc1[nH]nc2c1[C@@]1(C)CC[C@@H]3[C@H](CC[C@H]4C[C@@H](O)CC[C@@]43C)[C@@H]1C2. The molecule has 0 spiro atoms. The van der Waals surface area contributed by atoms with Crippen LogP contribution in [-0.2, 0) is 11.8 Å². The molecule has 3 fully saturated rings. The Morgan fingerprint density at radius 3 is 2.75 bits per heavy atom. The van der Waals surface area contributed by atoms with Crippen LogP contribution in [0.2, 0.25) is 0 Å². The fourth-order valence-electron chi connectivity index (χ4n) is 7.84. The Bertz CT molecular complexity index is 667. The van der Waals surface area contributed by atoms with Gasteiger partial charge in [-0.15, -0.1) is 0 Å². The maximum absolute atomic E-state index is 10.2. The Hall–Kier alpha value is -0.830. The molecule has 0 radical (unpaired) electrons. The first-order chi connectivity index (χ1) is 11.4. The van der Waals surface area contributed by atoms with Crippen molar-refractivity contribution in [2.24, 2.45) is 29.1 Å². The predicted octanol–water partition coefficient (Wildman–Crippen LogP) is 4.14. The number of H-pyrrole nitrogens is 1. The topological polar surface area (TPSA) is 48.9 Å². The lowest BCUT2D eigenvalue weighted by Gasteiger charge is -2.60. The van der Waals surface area contributed by atoms with E-state index >= 15 is 0 Å². The van der Waals surface area contributed by atoms with E-state index in [1.807, 2.05) is 0 Å². The lowest BCUT2D eigenvalue weighted by molar-refractivity contribution is -0.111. The summed E-state index contributed by atoms with van der Waals surface area (Å²) in [5.74, 6) is 3.29. The van der Waals surface area contributed by atoms with Gasteiger partial charge in [-0.1, -0.05) is 13.8 Å². The van der Waals surface area contributed by atoms with Crippen molar-refractivity contribution in [3.63, 3.8) is 0 Å². The summed E-state index contributed by atoms with van der Waals surface area (Å²) in [6, 6.07) is 0. The van der Waals surface area contributed by atoms with Crippen LogP contribution >= 0.6 is 0 Å². The molecule has 24 heavy (non-hydrogen) atoms. The highest BCUT2D eigenvalue weighted by atomic mass is 16.3. The molecule has 1 aromatic heterocycles. The zero-order chi connectivity index (χ0) is 16.7.